The minimum absolute atomic E-state index is 0.131. The highest BCUT2D eigenvalue weighted by atomic mass is 19.1. The molecule has 3 aromatic rings. The second-order valence-corrected chi connectivity index (χ2v) is 6.98. The van der Waals surface area contributed by atoms with Crippen molar-refractivity contribution in [1.29, 1.82) is 0 Å². The number of carbonyl (C=O) groups excluding carboxylic acids is 2. The van der Waals surface area contributed by atoms with Crippen molar-refractivity contribution < 1.29 is 14.0 Å². The summed E-state index contributed by atoms with van der Waals surface area (Å²) in [5.74, 6) is -0.931. The highest BCUT2D eigenvalue weighted by Gasteiger charge is 2.14. The van der Waals surface area contributed by atoms with Gasteiger partial charge < -0.3 is 16.4 Å². The Labute approximate surface area is 175 Å². The van der Waals surface area contributed by atoms with Crippen molar-refractivity contribution in [2.45, 2.75) is 18.9 Å². The number of hydrogen-bond donors (Lipinski definition) is 3. The molecule has 3 aromatic carbocycles. The average molecular weight is 405 g/mol. The van der Waals surface area contributed by atoms with Crippen LogP contribution in [0.5, 0.6) is 0 Å². The quantitative estimate of drug-likeness (QED) is 0.536. The van der Waals surface area contributed by atoms with E-state index in [1.54, 1.807) is 24.3 Å². The summed E-state index contributed by atoms with van der Waals surface area (Å²) in [6.07, 6.45) is 1.09. The molecule has 0 radical (unpaired) electrons. The summed E-state index contributed by atoms with van der Waals surface area (Å²) in [5, 5.41) is 5.27. The van der Waals surface area contributed by atoms with Gasteiger partial charge in [-0.05, 0) is 53.8 Å². The molecule has 0 aliphatic carbocycles. The van der Waals surface area contributed by atoms with Crippen LogP contribution in [-0.4, -0.2) is 24.4 Å². The van der Waals surface area contributed by atoms with E-state index in [-0.39, 0.29) is 24.2 Å². The van der Waals surface area contributed by atoms with Gasteiger partial charge in [-0.1, -0.05) is 54.6 Å². The third-order valence-corrected chi connectivity index (χ3v) is 4.69. The van der Waals surface area contributed by atoms with Gasteiger partial charge in [0.25, 0.3) is 0 Å². The van der Waals surface area contributed by atoms with Crippen molar-refractivity contribution in [1.82, 2.24) is 5.32 Å². The molecule has 154 valence electrons. The lowest BCUT2D eigenvalue weighted by atomic mass is 10.0. The molecule has 0 aromatic heterocycles. The van der Waals surface area contributed by atoms with Crippen LogP contribution in [0.3, 0.4) is 0 Å². The smallest absolute Gasteiger partial charge is 0.243 e. The van der Waals surface area contributed by atoms with Gasteiger partial charge in [-0.25, -0.2) is 4.39 Å². The predicted molar refractivity (Wildman–Crippen MR) is 116 cm³/mol. The lowest BCUT2D eigenvalue weighted by Gasteiger charge is -2.12. The van der Waals surface area contributed by atoms with Crippen molar-refractivity contribution >= 4 is 17.5 Å². The molecular formula is C24H24FN3O2. The molecule has 0 fully saturated rings. The fraction of sp³-hybridized carbons (Fsp3) is 0.167. The van der Waals surface area contributed by atoms with Gasteiger partial charge >= 0.3 is 0 Å². The van der Waals surface area contributed by atoms with Crippen LogP contribution in [0.2, 0.25) is 0 Å². The normalized spacial score (nSPS) is 11.5. The largest absolute Gasteiger partial charge is 0.346 e. The minimum atomic E-state index is -0.702. The van der Waals surface area contributed by atoms with Gasteiger partial charge in [0.1, 0.15) is 5.82 Å². The molecule has 0 aliphatic heterocycles. The third-order valence-electron chi connectivity index (χ3n) is 4.69. The number of hydrogen-bond acceptors (Lipinski definition) is 3. The van der Waals surface area contributed by atoms with E-state index in [4.69, 9.17) is 5.73 Å². The van der Waals surface area contributed by atoms with Crippen molar-refractivity contribution in [2.24, 2.45) is 5.73 Å². The number of halogens is 1. The number of aryl methyl sites for hydroxylation is 1. The van der Waals surface area contributed by atoms with Gasteiger partial charge in [0.15, 0.2) is 0 Å². The van der Waals surface area contributed by atoms with Gasteiger partial charge in [-0.15, -0.1) is 0 Å². The maximum absolute atomic E-state index is 13.0. The zero-order valence-corrected chi connectivity index (χ0v) is 16.5. The van der Waals surface area contributed by atoms with E-state index in [1.165, 1.54) is 12.1 Å². The van der Waals surface area contributed by atoms with Crippen LogP contribution in [-0.2, 0) is 16.0 Å². The SMILES string of the molecule is N[C@@H](CCc1ccc(-c2ccc(F)cc2)cc1)C(=O)NCC(=O)Nc1ccccc1. The van der Waals surface area contributed by atoms with Crippen molar-refractivity contribution in [3.8, 4) is 11.1 Å². The number of para-hydroxylation sites is 1. The highest BCUT2D eigenvalue weighted by Crippen LogP contribution is 2.20. The average Bonchev–Trinajstić information content (AvgIpc) is 2.77. The molecule has 0 saturated heterocycles. The van der Waals surface area contributed by atoms with Gasteiger partial charge in [0.2, 0.25) is 11.8 Å². The molecule has 0 unspecified atom stereocenters. The summed E-state index contributed by atoms with van der Waals surface area (Å²) in [6, 6.07) is 22.5. The Morgan fingerprint density at radius 1 is 0.867 bits per heavy atom. The van der Waals surface area contributed by atoms with E-state index in [2.05, 4.69) is 10.6 Å². The zero-order chi connectivity index (χ0) is 21.3. The van der Waals surface area contributed by atoms with E-state index in [1.807, 2.05) is 42.5 Å². The predicted octanol–water partition coefficient (Wildman–Crippen LogP) is 3.51. The van der Waals surface area contributed by atoms with Crippen molar-refractivity contribution in [3.05, 3.63) is 90.2 Å². The van der Waals surface area contributed by atoms with Gasteiger partial charge in [-0.3, -0.25) is 9.59 Å². The summed E-state index contributed by atoms with van der Waals surface area (Å²) in [4.78, 5) is 24.0. The van der Waals surface area contributed by atoms with Crippen LogP contribution in [0.15, 0.2) is 78.9 Å². The fourth-order valence-electron chi connectivity index (χ4n) is 2.98. The standard InChI is InChI=1S/C24H24FN3O2/c25-20-13-11-19(12-14-20)18-9-6-17(7-10-18)8-15-22(26)24(30)27-16-23(29)28-21-4-2-1-3-5-21/h1-7,9-14,22H,8,15-16,26H2,(H,27,30)(H,28,29)/t22-/m0/s1. The molecule has 4 N–H and O–H groups in total. The number of anilines is 1. The molecule has 3 rings (SSSR count). The first-order valence-corrected chi connectivity index (χ1v) is 9.74. The summed E-state index contributed by atoms with van der Waals surface area (Å²) in [5.41, 5.74) is 9.61. The first-order chi connectivity index (χ1) is 14.5. The van der Waals surface area contributed by atoms with Crippen molar-refractivity contribution in [2.75, 3.05) is 11.9 Å². The Morgan fingerprint density at radius 3 is 2.10 bits per heavy atom. The Balaban J connectivity index is 1.43. The Morgan fingerprint density at radius 2 is 1.47 bits per heavy atom. The zero-order valence-electron chi connectivity index (χ0n) is 16.5. The number of nitrogens with one attached hydrogen (secondary N) is 2. The number of rotatable bonds is 8. The lowest BCUT2D eigenvalue weighted by molar-refractivity contribution is -0.125. The summed E-state index contributed by atoms with van der Waals surface area (Å²) >= 11 is 0. The molecule has 0 aliphatic rings. The molecule has 0 spiro atoms. The van der Waals surface area contributed by atoms with Crippen molar-refractivity contribution in [3.63, 3.8) is 0 Å². The van der Waals surface area contributed by atoms with Crippen LogP contribution < -0.4 is 16.4 Å². The van der Waals surface area contributed by atoms with Crippen LogP contribution in [0.25, 0.3) is 11.1 Å². The van der Waals surface area contributed by atoms with Crippen LogP contribution in [0.1, 0.15) is 12.0 Å². The molecule has 2 amide bonds. The maximum Gasteiger partial charge on any atom is 0.243 e. The number of benzene rings is 3. The molecule has 0 heterocycles. The third kappa shape index (κ3) is 6.25. The highest BCUT2D eigenvalue weighted by molar-refractivity contribution is 5.95. The van der Waals surface area contributed by atoms with Gasteiger partial charge in [-0.2, -0.15) is 0 Å². The molecule has 0 saturated carbocycles. The monoisotopic (exact) mass is 405 g/mol. The number of nitrogens with two attached hydrogens (primary N) is 1. The first kappa shape index (κ1) is 21.2. The van der Waals surface area contributed by atoms with E-state index in [0.717, 1.165) is 16.7 Å². The molecule has 1 atom stereocenters. The summed E-state index contributed by atoms with van der Waals surface area (Å²) < 4.78 is 13.0. The molecule has 6 heteroatoms. The Hall–Kier alpha value is -3.51. The molecule has 0 bridgehead atoms. The van der Waals surface area contributed by atoms with Gasteiger partial charge in [0.05, 0.1) is 12.6 Å². The van der Waals surface area contributed by atoms with E-state index < -0.39 is 6.04 Å². The minimum Gasteiger partial charge on any atom is -0.346 e. The Bertz CT molecular complexity index is 974. The second kappa shape index (κ2) is 10.3. The van der Waals surface area contributed by atoms with E-state index >= 15 is 0 Å². The molecule has 5 nitrogen and oxygen atoms in total. The topological polar surface area (TPSA) is 84.2 Å². The Kier molecular flexibility index (Phi) is 7.29. The summed E-state index contributed by atoms with van der Waals surface area (Å²) in [6.45, 7) is -0.131. The molecular weight excluding hydrogens is 381 g/mol. The second-order valence-electron chi connectivity index (χ2n) is 6.98. The maximum atomic E-state index is 13.0. The molecule has 30 heavy (non-hydrogen) atoms. The van der Waals surface area contributed by atoms with Gasteiger partial charge in [0, 0.05) is 5.69 Å². The van der Waals surface area contributed by atoms with Crippen LogP contribution in [0, 0.1) is 5.82 Å². The lowest BCUT2D eigenvalue weighted by Crippen LogP contribution is -2.43. The summed E-state index contributed by atoms with van der Waals surface area (Å²) in [7, 11) is 0. The number of amides is 2. The van der Waals surface area contributed by atoms with E-state index in [9.17, 15) is 14.0 Å². The fourth-order valence-corrected chi connectivity index (χ4v) is 2.98. The van der Waals surface area contributed by atoms with Crippen LogP contribution >= 0.6 is 0 Å². The van der Waals surface area contributed by atoms with Crippen LogP contribution in [0.4, 0.5) is 10.1 Å². The first-order valence-electron chi connectivity index (χ1n) is 9.74. The number of carbonyl (C=O) groups is 2. The van der Waals surface area contributed by atoms with E-state index in [0.29, 0.717) is 18.5 Å².